The second-order valence-electron chi connectivity index (χ2n) is 3.33. The van der Waals surface area contributed by atoms with Gasteiger partial charge in [0.2, 0.25) is 0 Å². The number of carboxylic acids is 1. The first-order chi connectivity index (χ1) is 7.15. The van der Waals surface area contributed by atoms with Crippen LogP contribution in [-0.4, -0.2) is 44.5 Å². The fourth-order valence-corrected chi connectivity index (χ4v) is 1.71. The molecule has 80 valence electrons. The minimum Gasteiger partial charge on any atom is -0.476 e. The average molecular weight is 209 g/mol. The number of likely N-dealkylation sites (N-methyl/N-ethyl adjacent to an activating group) is 1. The third-order valence-electron chi connectivity index (χ3n) is 2.52. The average Bonchev–Trinajstić information content (AvgIpc) is 2.63. The molecule has 0 aromatic carbocycles. The maximum absolute atomic E-state index is 11.8. The molecule has 0 bridgehead atoms. The molecule has 0 saturated carbocycles. The number of rotatable bonds is 2. The monoisotopic (exact) mass is 209 g/mol. The molecule has 0 aliphatic carbocycles. The number of carboxylic acid groups (broad SMARTS) is 1. The van der Waals surface area contributed by atoms with Crippen molar-refractivity contribution in [3.63, 3.8) is 0 Å². The Morgan fingerprint density at radius 1 is 1.60 bits per heavy atom. The summed E-state index contributed by atoms with van der Waals surface area (Å²) in [6.07, 6.45) is 1.41. The van der Waals surface area contributed by atoms with Crippen LogP contribution in [0.2, 0.25) is 0 Å². The Balaban J connectivity index is 2.48. The van der Waals surface area contributed by atoms with Gasteiger partial charge in [0, 0.05) is 19.6 Å². The number of nitrogens with zero attached hydrogens (tertiary/aromatic N) is 3. The lowest BCUT2D eigenvalue weighted by atomic mass is 10.2. The summed E-state index contributed by atoms with van der Waals surface area (Å²) in [6, 6.07) is 0. The molecule has 0 fully saturated rings. The van der Waals surface area contributed by atoms with Crippen molar-refractivity contribution < 1.29 is 14.7 Å². The Kier molecular flexibility index (Phi) is 2.18. The molecule has 0 atom stereocenters. The number of amides is 1. The van der Waals surface area contributed by atoms with Crippen LogP contribution in [0, 0.1) is 0 Å². The lowest BCUT2D eigenvalue weighted by Gasteiger charge is -2.26. The Labute approximate surface area is 86.1 Å². The number of fused-ring (bicyclic) bond motifs is 1. The van der Waals surface area contributed by atoms with Crippen molar-refractivity contribution in [2.45, 2.75) is 13.5 Å². The summed E-state index contributed by atoms with van der Waals surface area (Å²) in [7, 11) is 0. The molecule has 15 heavy (non-hydrogen) atoms. The molecule has 0 radical (unpaired) electrons. The molecule has 2 rings (SSSR count). The van der Waals surface area contributed by atoms with E-state index < -0.39 is 5.97 Å². The van der Waals surface area contributed by atoms with Crippen LogP contribution in [0.1, 0.15) is 27.9 Å². The number of carbonyl (C=O) groups is 2. The lowest BCUT2D eigenvalue weighted by molar-refractivity contribution is 0.0654. The van der Waals surface area contributed by atoms with E-state index in [9.17, 15) is 9.59 Å². The molecule has 1 N–H and O–H groups in total. The topological polar surface area (TPSA) is 75.4 Å². The Morgan fingerprint density at radius 2 is 2.33 bits per heavy atom. The third-order valence-corrected chi connectivity index (χ3v) is 2.52. The predicted octanol–water partition coefficient (Wildman–Crippen LogP) is 0.0570. The highest BCUT2D eigenvalue weighted by Gasteiger charge is 2.29. The molecule has 1 aromatic heterocycles. The van der Waals surface area contributed by atoms with E-state index in [-0.39, 0.29) is 17.3 Å². The van der Waals surface area contributed by atoms with Crippen molar-refractivity contribution in [1.29, 1.82) is 0 Å². The zero-order chi connectivity index (χ0) is 11.0. The van der Waals surface area contributed by atoms with Gasteiger partial charge in [0.1, 0.15) is 5.69 Å². The van der Waals surface area contributed by atoms with E-state index in [0.29, 0.717) is 19.6 Å². The molecular formula is C9H11N3O3. The molecule has 6 nitrogen and oxygen atoms in total. The van der Waals surface area contributed by atoms with Gasteiger partial charge >= 0.3 is 5.97 Å². The van der Waals surface area contributed by atoms with Crippen LogP contribution in [0.5, 0.6) is 0 Å². The Bertz CT molecular complexity index is 424. The van der Waals surface area contributed by atoms with Crippen molar-refractivity contribution in [3.05, 3.63) is 17.7 Å². The SMILES string of the molecule is CCN1CCn2cnc(C(=O)O)c2C1=O. The molecule has 1 aliphatic heterocycles. The van der Waals surface area contributed by atoms with Gasteiger partial charge < -0.3 is 14.6 Å². The van der Waals surface area contributed by atoms with Crippen molar-refractivity contribution in [2.24, 2.45) is 0 Å². The first-order valence-electron chi connectivity index (χ1n) is 4.72. The van der Waals surface area contributed by atoms with Crippen LogP contribution in [0.25, 0.3) is 0 Å². The maximum atomic E-state index is 11.8. The first-order valence-corrected chi connectivity index (χ1v) is 4.72. The van der Waals surface area contributed by atoms with Crippen LogP contribution in [0.15, 0.2) is 6.33 Å². The van der Waals surface area contributed by atoms with Crippen LogP contribution in [0.3, 0.4) is 0 Å². The summed E-state index contributed by atoms with van der Waals surface area (Å²) >= 11 is 0. The first kappa shape index (κ1) is 9.70. The summed E-state index contributed by atoms with van der Waals surface area (Å²) < 4.78 is 1.60. The van der Waals surface area contributed by atoms with Gasteiger partial charge in [-0.1, -0.05) is 0 Å². The van der Waals surface area contributed by atoms with Crippen LogP contribution >= 0.6 is 0 Å². The standard InChI is InChI=1S/C9H11N3O3/c1-2-11-3-4-12-5-10-6(9(14)15)7(12)8(11)13/h5H,2-4H2,1H3,(H,14,15). The van der Waals surface area contributed by atoms with Crippen LogP contribution < -0.4 is 0 Å². The van der Waals surface area contributed by atoms with Crippen LogP contribution in [0.4, 0.5) is 0 Å². The van der Waals surface area contributed by atoms with Gasteiger partial charge in [-0.2, -0.15) is 0 Å². The smallest absolute Gasteiger partial charge is 0.356 e. The fourth-order valence-electron chi connectivity index (χ4n) is 1.71. The Morgan fingerprint density at radius 3 is 2.93 bits per heavy atom. The molecule has 0 saturated heterocycles. The number of hydrogen-bond acceptors (Lipinski definition) is 3. The van der Waals surface area contributed by atoms with E-state index in [1.54, 1.807) is 9.47 Å². The molecule has 2 heterocycles. The van der Waals surface area contributed by atoms with E-state index >= 15 is 0 Å². The van der Waals surface area contributed by atoms with E-state index in [2.05, 4.69) is 4.98 Å². The van der Waals surface area contributed by atoms with E-state index in [1.165, 1.54) is 6.33 Å². The number of aromatic carboxylic acids is 1. The van der Waals surface area contributed by atoms with Gasteiger partial charge in [-0.3, -0.25) is 4.79 Å². The van der Waals surface area contributed by atoms with E-state index in [1.807, 2.05) is 6.92 Å². The summed E-state index contributed by atoms with van der Waals surface area (Å²) in [5, 5.41) is 8.86. The van der Waals surface area contributed by atoms with Gasteiger partial charge in [0.15, 0.2) is 5.69 Å². The Hall–Kier alpha value is -1.85. The molecule has 6 heteroatoms. The molecule has 1 aromatic rings. The summed E-state index contributed by atoms with van der Waals surface area (Å²) in [5.74, 6) is -1.41. The molecular weight excluding hydrogens is 198 g/mol. The highest BCUT2D eigenvalue weighted by molar-refractivity contribution is 6.02. The number of aromatic nitrogens is 2. The van der Waals surface area contributed by atoms with Crippen molar-refractivity contribution in [1.82, 2.24) is 14.5 Å². The maximum Gasteiger partial charge on any atom is 0.356 e. The van der Waals surface area contributed by atoms with Gasteiger partial charge in [-0.25, -0.2) is 9.78 Å². The van der Waals surface area contributed by atoms with Gasteiger partial charge in [-0.05, 0) is 6.92 Å². The largest absolute Gasteiger partial charge is 0.476 e. The zero-order valence-electron chi connectivity index (χ0n) is 8.30. The van der Waals surface area contributed by atoms with E-state index in [0.717, 1.165) is 0 Å². The van der Waals surface area contributed by atoms with Gasteiger partial charge in [-0.15, -0.1) is 0 Å². The number of carbonyl (C=O) groups excluding carboxylic acids is 1. The lowest BCUT2D eigenvalue weighted by Crippen LogP contribution is -2.40. The summed E-state index contributed by atoms with van der Waals surface area (Å²) in [6.45, 7) is 3.67. The second-order valence-corrected chi connectivity index (χ2v) is 3.33. The molecule has 0 unspecified atom stereocenters. The second kappa shape index (κ2) is 3.38. The molecule has 1 amide bonds. The molecule has 0 spiro atoms. The fraction of sp³-hybridized carbons (Fsp3) is 0.444. The number of imidazole rings is 1. The van der Waals surface area contributed by atoms with Crippen molar-refractivity contribution in [3.8, 4) is 0 Å². The summed E-state index contributed by atoms with van der Waals surface area (Å²) in [4.78, 5) is 28.0. The van der Waals surface area contributed by atoms with Gasteiger partial charge in [0.25, 0.3) is 5.91 Å². The predicted molar refractivity (Wildman–Crippen MR) is 50.8 cm³/mol. The minimum atomic E-state index is -1.16. The van der Waals surface area contributed by atoms with Crippen molar-refractivity contribution >= 4 is 11.9 Å². The zero-order valence-corrected chi connectivity index (χ0v) is 8.30. The van der Waals surface area contributed by atoms with Crippen molar-refractivity contribution in [2.75, 3.05) is 13.1 Å². The van der Waals surface area contributed by atoms with E-state index in [4.69, 9.17) is 5.11 Å². The quantitative estimate of drug-likeness (QED) is 0.747. The number of hydrogen-bond donors (Lipinski definition) is 1. The van der Waals surface area contributed by atoms with Gasteiger partial charge in [0.05, 0.1) is 6.33 Å². The third kappa shape index (κ3) is 1.38. The molecule has 1 aliphatic rings. The highest BCUT2D eigenvalue weighted by Crippen LogP contribution is 2.15. The van der Waals surface area contributed by atoms with Crippen LogP contribution in [-0.2, 0) is 6.54 Å². The highest BCUT2D eigenvalue weighted by atomic mass is 16.4. The minimum absolute atomic E-state index is 0.154. The normalized spacial score (nSPS) is 15.3. The summed E-state index contributed by atoms with van der Waals surface area (Å²) in [5.41, 5.74) is 0.0359.